The highest BCUT2D eigenvalue weighted by Crippen LogP contribution is 2.35. The summed E-state index contributed by atoms with van der Waals surface area (Å²) in [4.78, 5) is 26.6. The second-order valence-corrected chi connectivity index (χ2v) is 9.15. The van der Waals surface area contributed by atoms with E-state index >= 15 is 0 Å². The Morgan fingerprint density at radius 3 is 2.70 bits per heavy atom. The van der Waals surface area contributed by atoms with Crippen LogP contribution in [0.25, 0.3) is 0 Å². The smallest absolute Gasteiger partial charge is 0.227 e. The van der Waals surface area contributed by atoms with E-state index in [9.17, 15) is 9.59 Å². The van der Waals surface area contributed by atoms with Crippen molar-refractivity contribution in [3.63, 3.8) is 0 Å². The van der Waals surface area contributed by atoms with Crippen LogP contribution in [-0.4, -0.2) is 35.7 Å². The van der Waals surface area contributed by atoms with E-state index in [1.54, 1.807) is 12.0 Å². The second kappa shape index (κ2) is 9.55. The number of hydrogen-bond donors (Lipinski definition) is 1. The van der Waals surface area contributed by atoms with Gasteiger partial charge in [-0.05, 0) is 36.6 Å². The van der Waals surface area contributed by atoms with Crippen LogP contribution < -0.4 is 15.0 Å². The molecule has 0 spiro atoms. The molecule has 4 rings (SSSR count). The van der Waals surface area contributed by atoms with Gasteiger partial charge in [-0.15, -0.1) is 10.2 Å². The summed E-state index contributed by atoms with van der Waals surface area (Å²) in [6.07, 6.45) is 8.29. The number of carbonyl (C=O) groups is 2. The van der Waals surface area contributed by atoms with Crippen LogP contribution in [0.2, 0.25) is 0 Å². The van der Waals surface area contributed by atoms with Crippen LogP contribution >= 0.6 is 11.3 Å². The summed E-state index contributed by atoms with van der Waals surface area (Å²) in [6.45, 7) is 0.565. The van der Waals surface area contributed by atoms with Gasteiger partial charge in [-0.25, -0.2) is 0 Å². The van der Waals surface area contributed by atoms with E-state index in [0.29, 0.717) is 30.4 Å². The molecule has 30 heavy (non-hydrogen) atoms. The molecule has 2 heterocycles. The Morgan fingerprint density at radius 1 is 1.20 bits per heavy atom. The van der Waals surface area contributed by atoms with E-state index in [2.05, 4.69) is 15.5 Å². The predicted octanol–water partition coefficient (Wildman–Crippen LogP) is 4.37. The van der Waals surface area contributed by atoms with E-state index in [0.717, 1.165) is 22.9 Å². The summed E-state index contributed by atoms with van der Waals surface area (Å²) in [5.74, 6) is 1.51. The van der Waals surface area contributed by atoms with Gasteiger partial charge in [-0.2, -0.15) is 0 Å². The highest BCUT2D eigenvalue weighted by Gasteiger charge is 2.34. The SMILES string of the molecule is COc1ccc(N2CC(c3nnc(NC(=O)CCC4CCCCC4)s3)CC2=O)cc1. The van der Waals surface area contributed by atoms with Crippen molar-refractivity contribution in [1.29, 1.82) is 0 Å². The zero-order valence-electron chi connectivity index (χ0n) is 17.3. The molecule has 8 heteroatoms. The summed E-state index contributed by atoms with van der Waals surface area (Å²) in [6, 6.07) is 7.47. The molecule has 1 N–H and O–H groups in total. The molecule has 1 atom stereocenters. The molecule has 1 aliphatic heterocycles. The van der Waals surface area contributed by atoms with Crippen LogP contribution in [-0.2, 0) is 9.59 Å². The van der Waals surface area contributed by atoms with Gasteiger partial charge < -0.3 is 15.0 Å². The van der Waals surface area contributed by atoms with Crippen molar-refractivity contribution in [2.24, 2.45) is 5.92 Å². The van der Waals surface area contributed by atoms with Gasteiger partial charge in [0.25, 0.3) is 0 Å². The van der Waals surface area contributed by atoms with Gasteiger partial charge in [0.15, 0.2) is 0 Å². The molecule has 160 valence electrons. The van der Waals surface area contributed by atoms with Crippen molar-refractivity contribution in [3.8, 4) is 5.75 Å². The minimum atomic E-state index is -0.00927. The fourth-order valence-electron chi connectivity index (χ4n) is 4.33. The monoisotopic (exact) mass is 428 g/mol. The largest absolute Gasteiger partial charge is 0.497 e. The van der Waals surface area contributed by atoms with Crippen molar-refractivity contribution < 1.29 is 14.3 Å². The topological polar surface area (TPSA) is 84.4 Å². The van der Waals surface area contributed by atoms with Gasteiger partial charge in [0.2, 0.25) is 16.9 Å². The maximum Gasteiger partial charge on any atom is 0.227 e. The molecule has 7 nitrogen and oxygen atoms in total. The lowest BCUT2D eigenvalue weighted by molar-refractivity contribution is -0.117. The number of nitrogens with one attached hydrogen (secondary N) is 1. The van der Waals surface area contributed by atoms with E-state index in [1.165, 1.54) is 43.4 Å². The Bertz CT molecular complexity index is 877. The first-order valence-corrected chi connectivity index (χ1v) is 11.5. The molecule has 1 saturated carbocycles. The highest BCUT2D eigenvalue weighted by atomic mass is 32.1. The van der Waals surface area contributed by atoms with Crippen LogP contribution in [0.5, 0.6) is 5.75 Å². The first kappa shape index (κ1) is 20.8. The number of ether oxygens (including phenoxy) is 1. The zero-order chi connectivity index (χ0) is 20.9. The molecule has 2 fully saturated rings. The minimum Gasteiger partial charge on any atom is -0.497 e. The molecule has 0 bridgehead atoms. The van der Waals surface area contributed by atoms with Crippen molar-refractivity contribution in [2.75, 3.05) is 23.9 Å². The number of rotatable bonds is 7. The first-order valence-electron chi connectivity index (χ1n) is 10.7. The Labute approximate surface area is 180 Å². The lowest BCUT2D eigenvalue weighted by Gasteiger charge is -2.20. The molecule has 1 aliphatic carbocycles. The quantitative estimate of drug-likeness (QED) is 0.708. The third-order valence-electron chi connectivity index (χ3n) is 6.05. The lowest BCUT2D eigenvalue weighted by atomic mass is 9.86. The average molecular weight is 429 g/mol. The van der Waals surface area contributed by atoms with E-state index in [-0.39, 0.29) is 17.7 Å². The molecule has 2 aromatic rings. The van der Waals surface area contributed by atoms with Crippen LogP contribution in [0.3, 0.4) is 0 Å². The fourth-order valence-corrected chi connectivity index (χ4v) is 5.18. The minimum absolute atomic E-state index is 0.00521. The van der Waals surface area contributed by atoms with Gasteiger partial charge in [0.1, 0.15) is 10.8 Å². The van der Waals surface area contributed by atoms with Crippen LogP contribution in [0.1, 0.15) is 62.3 Å². The Balaban J connectivity index is 1.31. The van der Waals surface area contributed by atoms with Crippen molar-refractivity contribution in [2.45, 2.75) is 57.3 Å². The molecule has 1 unspecified atom stereocenters. The van der Waals surface area contributed by atoms with E-state index in [1.807, 2.05) is 24.3 Å². The molecule has 2 aliphatic rings. The highest BCUT2D eigenvalue weighted by molar-refractivity contribution is 7.15. The van der Waals surface area contributed by atoms with Crippen LogP contribution in [0.4, 0.5) is 10.8 Å². The summed E-state index contributed by atoms with van der Waals surface area (Å²) in [7, 11) is 1.62. The van der Waals surface area contributed by atoms with Crippen LogP contribution in [0.15, 0.2) is 24.3 Å². The van der Waals surface area contributed by atoms with Gasteiger partial charge in [0, 0.05) is 31.0 Å². The van der Waals surface area contributed by atoms with E-state index < -0.39 is 0 Å². The third kappa shape index (κ3) is 4.98. The molecule has 2 amide bonds. The number of aromatic nitrogens is 2. The maximum absolute atomic E-state index is 12.5. The van der Waals surface area contributed by atoms with Gasteiger partial charge in [0.05, 0.1) is 7.11 Å². The van der Waals surface area contributed by atoms with Gasteiger partial charge in [-0.3, -0.25) is 9.59 Å². The summed E-state index contributed by atoms with van der Waals surface area (Å²) in [5.41, 5.74) is 0.851. The molecule has 1 saturated heterocycles. The third-order valence-corrected chi connectivity index (χ3v) is 7.05. The van der Waals surface area contributed by atoms with Gasteiger partial charge in [-0.1, -0.05) is 43.4 Å². The summed E-state index contributed by atoms with van der Waals surface area (Å²) in [5, 5.41) is 12.6. The summed E-state index contributed by atoms with van der Waals surface area (Å²) < 4.78 is 5.18. The standard InChI is InChI=1S/C22H28N4O3S/c1-29-18-10-8-17(9-11-18)26-14-16(13-20(26)28)21-24-25-22(30-21)23-19(27)12-7-15-5-3-2-4-6-15/h8-11,15-16H,2-7,12-14H2,1H3,(H,23,25,27). The molecular formula is C22H28N4O3S. The number of benzene rings is 1. The fraction of sp³-hybridized carbons (Fsp3) is 0.545. The van der Waals surface area contributed by atoms with E-state index in [4.69, 9.17) is 4.74 Å². The Kier molecular flexibility index (Phi) is 6.62. The number of carbonyl (C=O) groups excluding carboxylic acids is 2. The molecule has 0 radical (unpaired) electrons. The Hall–Kier alpha value is -2.48. The summed E-state index contributed by atoms with van der Waals surface area (Å²) >= 11 is 1.37. The van der Waals surface area contributed by atoms with Crippen molar-refractivity contribution in [3.05, 3.63) is 29.3 Å². The van der Waals surface area contributed by atoms with Crippen molar-refractivity contribution in [1.82, 2.24) is 10.2 Å². The number of methoxy groups -OCH3 is 1. The normalized spacial score (nSPS) is 19.8. The lowest BCUT2D eigenvalue weighted by Crippen LogP contribution is -2.24. The first-order chi connectivity index (χ1) is 14.6. The van der Waals surface area contributed by atoms with Crippen LogP contribution in [0, 0.1) is 5.92 Å². The number of amides is 2. The zero-order valence-corrected chi connectivity index (χ0v) is 18.1. The molecule has 1 aromatic carbocycles. The maximum atomic E-state index is 12.5. The molecule has 1 aromatic heterocycles. The predicted molar refractivity (Wildman–Crippen MR) is 117 cm³/mol. The number of nitrogens with zero attached hydrogens (tertiary/aromatic N) is 3. The number of hydrogen-bond acceptors (Lipinski definition) is 6. The van der Waals surface area contributed by atoms with Crippen molar-refractivity contribution >= 4 is 34.0 Å². The van der Waals surface area contributed by atoms with Gasteiger partial charge >= 0.3 is 0 Å². The number of anilines is 2. The molecular weight excluding hydrogens is 400 g/mol. The average Bonchev–Trinajstić information content (AvgIpc) is 3.39. The second-order valence-electron chi connectivity index (χ2n) is 8.14. The Morgan fingerprint density at radius 2 is 1.97 bits per heavy atom.